The Morgan fingerprint density at radius 2 is 2.00 bits per heavy atom. The third kappa shape index (κ3) is 2.74. The van der Waals surface area contributed by atoms with Crippen LogP contribution in [0.1, 0.15) is 11.1 Å². The molecule has 0 unspecified atom stereocenters. The van der Waals surface area contributed by atoms with Gasteiger partial charge in [0.15, 0.2) is 5.82 Å². The minimum absolute atomic E-state index is 0.0682. The highest BCUT2D eigenvalue weighted by atomic mass is 35.5. The van der Waals surface area contributed by atoms with Crippen LogP contribution in [0.4, 0.5) is 4.39 Å². The van der Waals surface area contributed by atoms with Gasteiger partial charge in [-0.05, 0) is 31.5 Å². The minimum atomic E-state index is -0.572. The lowest BCUT2D eigenvalue weighted by atomic mass is 10.1. The SMILES string of the molecule is Cc1ccc(Oc2ncc(Cl)cc2F)c(C)c1. The molecule has 0 bridgehead atoms. The quantitative estimate of drug-likeness (QED) is 0.795. The number of aryl methyl sites for hydroxylation is 2. The van der Waals surface area contributed by atoms with Gasteiger partial charge in [-0.1, -0.05) is 29.3 Å². The molecule has 0 fully saturated rings. The van der Waals surface area contributed by atoms with Gasteiger partial charge in [-0.15, -0.1) is 0 Å². The lowest BCUT2D eigenvalue weighted by Gasteiger charge is -2.09. The Kier molecular flexibility index (Phi) is 3.29. The molecule has 17 heavy (non-hydrogen) atoms. The smallest absolute Gasteiger partial charge is 0.255 e. The van der Waals surface area contributed by atoms with E-state index < -0.39 is 5.82 Å². The Balaban J connectivity index is 2.31. The van der Waals surface area contributed by atoms with Gasteiger partial charge in [0.05, 0.1) is 5.02 Å². The summed E-state index contributed by atoms with van der Waals surface area (Å²) in [5.41, 5.74) is 2.06. The minimum Gasteiger partial charge on any atom is -0.436 e. The summed E-state index contributed by atoms with van der Waals surface area (Å²) in [6.07, 6.45) is 1.35. The molecule has 0 atom stereocenters. The van der Waals surface area contributed by atoms with Crippen LogP contribution in [0.5, 0.6) is 11.6 Å². The van der Waals surface area contributed by atoms with Crippen molar-refractivity contribution in [1.82, 2.24) is 4.98 Å². The zero-order valence-corrected chi connectivity index (χ0v) is 10.3. The molecule has 1 heterocycles. The van der Waals surface area contributed by atoms with E-state index in [2.05, 4.69) is 4.98 Å². The van der Waals surface area contributed by atoms with E-state index in [4.69, 9.17) is 16.3 Å². The summed E-state index contributed by atoms with van der Waals surface area (Å²) in [7, 11) is 0. The Labute approximate surface area is 104 Å². The summed E-state index contributed by atoms with van der Waals surface area (Å²) in [4.78, 5) is 3.81. The molecule has 2 rings (SSSR count). The largest absolute Gasteiger partial charge is 0.436 e. The van der Waals surface area contributed by atoms with E-state index in [0.717, 1.165) is 11.1 Å². The topological polar surface area (TPSA) is 22.1 Å². The van der Waals surface area contributed by atoms with E-state index >= 15 is 0 Å². The summed E-state index contributed by atoms with van der Waals surface area (Å²) >= 11 is 5.61. The standard InChI is InChI=1S/C13H11ClFNO/c1-8-3-4-12(9(2)5-8)17-13-11(15)6-10(14)7-16-13/h3-7H,1-2H3. The number of hydrogen-bond acceptors (Lipinski definition) is 2. The first-order chi connectivity index (χ1) is 8.06. The first-order valence-corrected chi connectivity index (χ1v) is 5.50. The van der Waals surface area contributed by atoms with Crippen LogP contribution in [0.3, 0.4) is 0 Å². The third-order valence-corrected chi connectivity index (χ3v) is 2.52. The first-order valence-electron chi connectivity index (χ1n) is 5.12. The molecule has 1 aromatic heterocycles. The number of nitrogens with zero attached hydrogens (tertiary/aromatic N) is 1. The van der Waals surface area contributed by atoms with Gasteiger partial charge in [0.1, 0.15) is 5.75 Å². The number of pyridine rings is 1. The zero-order chi connectivity index (χ0) is 12.4. The lowest BCUT2D eigenvalue weighted by molar-refractivity contribution is 0.420. The molecule has 4 heteroatoms. The van der Waals surface area contributed by atoms with Crippen LogP contribution in [0.25, 0.3) is 0 Å². The normalized spacial score (nSPS) is 10.4. The number of hydrogen-bond donors (Lipinski definition) is 0. The molecule has 2 nitrogen and oxygen atoms in total. The predicted octanol–water partition coefficient (Wildman–Crippen LogP) is 4.28. The summed E-state index contributed by atoms with van der Waals surface area (Å²) in [6.45, 7) is 3.88. The Morgan fingerprint density at radius 3 is 2.65 bits per heavy atom. The average molecular weight is 252 g/mol. The molecular weight excluding hydrogens is 241 g/mol. The van der Waals surface area contributed by atoms with Gasteiger partial charge in [-0.2, -0.15) is 0 Å². The molecule has 0 saturated heterocycles. The molecule has 0 aliphatic heterocycles. The summed E-state index contributed by atoms with van der Waals surface area (Å²) in [6, 6.07) is 6.83. The van der Waals surface area contributed by atoms with Crippen LogP contribution < -0.4 is 4.74 Å². The van der Waals surface area contributed by atoms with Crippen LogP contribution in [0, 0.1) is 19.7 Å². The van der Waals surface area contributed by atoms with Crippen molar-refractivity contribution >= 4 is 11.6 Å². The molecule has 0 aliphatic rings. The maximum absolute atomic E-state index is 13.5. The highest BCUT2D eigenvalue weighted by Crippen LogP contribution is 2.27. The van der Waals surface area contributed by atoms with Crippen molar-refractivity contribution in [3.05, 3.63) is 52.4 Å². The van der Waals surface area contributed by atoms with E-state index in [1.807, 2.05) is 26.0 Å². The van der Waals surface area contributed by atoms with Crippen LogP contribution in [0.2, 0.25) is 5.02 Å². The average Bonchev–Trinajstić information content (AvgIpc) is 2.25. The van der Waals surface area contributed by atoms with Crippen molar-refractivity contribution in [2.24, 2.45) is 0 Å². The van der Waals surface area contributed by atoms with Gasteiger partial charge in [0.2, 0.25) is 0 Å². The highest BCUT2D eigenvalue weighted by molar-refractivity contribution is 6.30. The molecule has 0 aliphatic carbocycles. The van der Waals surface area contributed by atoms with Crippen molar-refractivity contribution in [1.29, 1.82) is 0 Å². The summed E-state index contributed by atoms with van der Waals surface area (Å²) < 4.78 is 18.9. The predicted molar refractivity (Wildman–Crippen MR) is 65.2 cm³/mol. The Morgan fingerprint density at radius 1 is 1.24 bits per heavy atom. The monoisotopic (exact) mass is 251 g/mol. The molecule has 0 N–H and O–H groups in total. The second-order valence-corrected chi connectivity index (χ2v) is 4.25. The fraction of sp³-hybridized carbons (Fsp3) is 0.154. The number of benzene rings is 1. The van der Waals surface area contributed by atoms with E-state index in [1.165, 1.54) is 12.3 Å². The molecule has 0 radical (unpaired) electrons. The molecule has 2 aromatic rings. The van der Waals surface area contributed by atoms with Gasteiger partial charge >= 0.3 is 0 Å². The number of halogens is 2. The number of rotatable bonds is 2. The van der Waals surface area contributed by atoms with Crippen LogP contribution >= 0.6 is 11.6 Å². The van der Waals surface area contributed by atoms with Gasteiger partial charge in [0, 0.05) is 6.20 Å². The van der Waals surface area contributed by atoms with Crippen molar-refractivity contribution in [3.63, 3.8) is 0 Å². The molecule has 0 saturated carbocycles. The second kappa shape index (κ2) is 4.72. The lowest BCUT2D eigenvalue weighted by Crippen LogP contribution is -1.93. The Hall–Kier alpha value is -1.61. The van der Waals surface area contributed by atoms with E-state index in [-0.39, 0.29) is 10.9 Å². The Bertz CT molecular complexity index is 508. The third-order valence-electron chi connectivity index (χ3n) is 2.31. The van der Waals surface area contributed by atoms with Crippen molar-refractivity contribution in [2.45, 2.75) is 13.8 Å². The van der Waals surface area contributed by atoms with E-state index in [9.17, 15) is 4.39 Å². The van der Waals surface area contributed by atoms with E-state index in [0.29, 0.717) is 5.75 Å². The molecule has 1 aromatic carbocycles. The second-order valence-electron chi connectivity index (χ2n) is 3.81. The maximum Gasteiger partial charge on any atom is 0.255 e. The highest BCUT2D eigenvalue weighted by Gasteiger charge is 2.08. The van der Waals surface area contributed by atoms with Crippen molar-refractivity contribution < 1.29 is 9.13 Å². The van der Waals surface area contributed by atoms with Gasteiger partial charge in [0.25, 0.3) is 5.88 Å². The zero-order valence-electron chi connectivity index (χ0n) is 9.50. The van der Waals surface area contributed by atoms with Gasteiger partial charge < -0.3 is 4.74 Å². The molecular formula is C13H11ClFNO. The summed E-state index contributed by atoms with van der Waals surface area (Å²) in [5, 5.41) is 0.246. The molecule has 0 amide bonds. The van der Waals surface area contributed by atoms with Gasteiger partial charge in [-0.3, -0.25) is 0 Å². The van der Waals surface area contributed by atoms with Crippen molar-refractivity contribution in [3.8, 4) is 11.6 Å². The fourth-order valence-electron chi connectivity index (χ4n) is 1.50. The van der Waals surface area contributed by atoms with Crippen molar-refractivity contribution in [2.75, 3.05) is 0 Å². The van der Waals surface area contributed by atoms with Crippen LogP contribution in [-0.4, -0.2) is 4.98 Å². The van der Waals surface area contributed by atoms with Crippen LogP contribution in [0.15, 0.2) is 30.5 Å². The fourth-order valence-corrected chi connectivity index (χ4v) is 1.64. The maximum atomic E-state index is 13.5. The number of ether oxygens (including phenoxy) is 1. The van der Waals surface area contributed by atoms with Gasteiger partial charge in [-0.25, -0.2) is 9.37 Å². The molecule has 88 valence electrons. The first kappa shape index (κ1) is 11.9. The van der Waals surface area contributed by atoms with Crippen LogP contribution in [-0.2, 0) is 0 Å². The summed E-state index contributed by atoms with van der Waals surface area (Å²) in [5.74, 6) is -0.0526. The number of aromatic nitrogens is 1. The van der Waals surface area contributed by atoms with E-state index in [1.54, 1.807) is 6.07 Å². The molecule has 0 spiro atoms.